The Labute approximate surface area is 119 Å². The zero-order valence-electron chi connectivity index (χ0n) is 13.3. The van der Waals surface area contributed by atoms with Crippen molar-refractivity contribution in [2.45, 2.75) is 72.6 Å². The van der Waals surface area contributed by atoms with Crippen LogP contribution < -0.4 is 0 Å². The van der Waals surface area contributed by atoms with Crippen molar-refractivity contribution in [1.82, 2.24) is 0 Å². The third kappa shape index (κ3) is 5.50. The molecule has 1 nitrogen and oxygen atoms in total. The van der Waals surface area contributed by atoms with Gasteiger partial charge in [0.25, 0.3) is 0 Å². The van der Waals surface area contributed by atoms with Gasteiger partial charge in [0.15, 0.2) is 0 Å². The second kappa shape index (κ2) is 8.55. The summed E-state index contributed by atoms with van der Waals surface area (Å²) in [4.78, 5) is 11.2. The average molecular weight is 264 g/mol. The van der Waals surface area contributed by atoms with Crippen LogP contribution in [0.1, 0.15) is 72.6 Å². The van der Waals surface area contributed by atoms with Crippen molar-refractivity contribution < 1.29 is 4.79 Å². The Balaban J connectivity index is 2.46. The summed E-state index contributed by atoms with van der Waals surface area (Å²) in [5.41, 5.74) is 0. The van der Waals surface area contributed by atoms with E-state index in [0.29, 0.717) is 5.78 Å². The number of allylic oxidation sites excluding steroid dienone is 2. The van der Waals surface area contributed by atoms with Crippen molar-refractivity contribution in [2.24, 2.45) is 23.7 Å². The number of rotatable bonds is 8. The van der Waals surface area contributed by atoms with Gasteiger partial charge in [0, 0.05) is 6.42 Å². The third-order valence-electron chi connectivity index (χ3n) is 4.88. The molecule has 19 heavy (non-hydrogen) atoms. The molecular weight excluding hydrogens is 232 g/mol. The Morgan fingerprint density at radius 3 is 2.47 bits per heavy atom. The Morgan fingerprint density at radius 2 is 1.84 bits per heavy atom. The van der Waals surface area contributed by atoms with Crippen LogP contribution in [-0.4, -0.2) is 5.78 Å². The monoisotopic (exact) mass is 264 g/mol. The molecule has 1 heteroatoms. The molecule has 1 saturated carbocycles. The van der Waals surface area contributed by atoms with Crippen LogP contribution in [0, 0.1) is 23.7 Å². The van der Waals surface area contributed by atoms with Crippen LogP contribution in [-0.2, 0) is 4.79 Å². The summed E-state index contributed by atoms with van der Waals surface area (Å²) in [5.74, 6) is 3.53. The largest absolute Gasteiger partial charge is 0.300 e. The van der Waals surface area contributed by atoms with Crippen molar-refractivity contribution in [3.8, 4) is 0 Å². The molecule has 0 aromatic rings. The van der Waals surface area contributed by atoms with E-state index in [-0.39, 0.29) is 0 Å². The van der Waals surface area contributed by atoms with Crippen LogP contribution in [0.15, 0.2) is 12.2 Å². The predicted octanol–water partition coefficient (Wildman–Crippen LogP) is 5.40. The summed E-state index contributed by atoms with van der Waals surface area (Å²) >= 11 is 0. The molecule has 0 spiro atoms. The summed E-state index contributed by atoms with van der Waals surface area (Å²) in [6.07, 6.45) is 13.0. The molecule has 0 heterocycles. The lowest BCUT2D eigenvalue weighted by molar-refractivity contribution is -0.117. The van der Waals surface area contributed by atoms with E-state index in [1.165, 1.54) is 32.1 Å². The Kier molecular flexibility index (Phi) is 7.41. The van der Waals surface area contributed by atoms with Gasteiger partial charge < -0.3 is 4.79 Å². The van der Waals surface area contributed by atoms with Gasteiger partial charge in [-0.25, -0.2) is 0 Å². The van der Waals surface area contributed by atoms with Gasteiger partial charge in [-0.05, 0) is 56.3 Å². The fourth-order valence-electron chi connectivity index (χ4n) is 3.75. The van der Waals surface area contributed by atoms with Gasteiger partial charge >= 0.3 is 0 Å². The molecule has 0 unspecified atom stereocenters. The molecule has 1 fully saturated rings. The highest BCUT2D eigenvalue weighted by Crippen LogP contribution is 2.45. The Morgan fingerprint density at radius 1 is 1.16 bits per heavy atom. The van der Waals surface area contributed by atoms with Gasteiger partial charge in [-0.1, -0.05) is 45.8 Å². The third-order valence-corrected chi connectivity index (χ3v) is 4.88. The van der Waals surface area contributed by atoms with Gasteiger partial charge in [0.2, 0.25) is 0 Å². The topological polar surface area (TPSA) is 17.1 Å². The lowest BCUT2D eigenvalue weighted by atomic mass is 9.82. The molecule has 110 valence electrons. The van der Waals surface area contributed by atoms with E-state index in [1.54, 1.807) is 6.92 Å². The Hall–Kier alpha value is -0.590. The highest BCUT2D eigenvalue weighted by molar-refractivity contribution is 5.75. The van der Waals surface area contributed by atoms with E-state index in [0.717, 1.165) is 36.5 Å². The standard InChI is InChI=1S/C18H32O/c1-5-6-7-8-9-10-17-14(2)13-15(3)18(17)12-11-16(4)19/h8-9,14-15,17-18H,5-7,10-13H2,1-4H3/b9-8-/t14-,15+,17-,18-/m0/s1. The lowest BCUT2D eigenvalue weighted by Crippen LogP contribution is -2.16. The first-order valence-corrected chi connectivity index (χ1v) is 8.20. The number of Topliss-reactive ketones (excluding diaryl/α,β-unsaturated/α-hetero) is 1. The number of hydrogen-bond donors (Lipinski definition) is 0. The van der Waals surface area contributed by atoms with Crippen LogP contribution in [0.25, 0.3) is 0 Å². The maximum absolute atomic E-state index is 11.2. The molecule has 0 amide bonds. The highest BCUT2D eigenvalue weighted by atomic mass is 16.1. The average Bonchev–Trinajstić information content (AvgIpc) is 2.61. The maximum Gasteiger partial charge on any atom is 0.129 e. The minimum atomic E-state index is 0.351. The van der Waals surface area contributed by atoms with Crippen LogP contribution in [0.3, 0.4) is 0 Å². The summed E-state index contributed by atoms with van der Waals surface area (Å²) < 4.78 is 0. The van der Waals surface area contributed by atoms with Crippen molar-refractivity contribution in [3.63, 3.8) is 0 Å². The molecule has 1 aliphatic rings. The SMILES string of the molecule is CCCC/C=C\C[C@@H]1[C@@H](CCC(C)=O)[C@H](C)C[C@@H]1C. The zero-order chi connectivity index (χ0) is 14.3. The fraction of sp³-hybridized carbons (Fsp3) is 0.833. The van der Waals surface area contributed by atoms with E-state index >= 15 is 0 Å². The van der Waals surface area contributed by atoms with E-state index in [1.807, 2.05) is 0 Å². The molecule has 1 rings (SSSR count). The number of ketones is 1. The van der Waals surface area contributed by atoms with Crippen molar-refractivity contribution in [3.05, 3.63) is 12.2 Å². The van der Waals surface area contributed by atoms with E-state index in [4.69, 9.17) is 0 Å². The molecule has 0 aromatic carbocycles. The fourth-order valence-corrected chi connectivity index (χ4v) is 3.75. The van der Waals surface area contributed by atoms with Crippen LogP contribution >= 0.6 is 0 Å². The molecule has 0 aromatic heterocycles. The smallest absolute Gasteiger partial charge is 0.129 e. The van der Waals surface area contributed by atoms with Crippen LogP contribution in [0.4, 0.5) is 0 Å². The van der Waals surface area contributed by atoms with Crippen molar-refractivity contribution >= 4 is 5.78 Å². The maximum atomic E-state index is 11.2. The second-order valence-electron chi connectivity index (χ2n) is 6.61. The lowest BCUT2D eigenvalue weighted by Gasteiger charge is -2.23. The number of carbonyl (C=O) groups excluding carboxylic acids is 1. The van der Waals surface area contributed by atoms with Crippen LogP contribution in [0.5, 0.6) is 0 Å². The Bertz CT molecular complexity index is 292. The van der Waals surface area contributed by atoms with E-state index in [2.05, 4.69) is 32.9 Å². The molecule has 4 atom stereocenters. The molecule has 0 radical (unpaired) electrons. The summed E-state index contributed by atoms with van der Waals surface area (Å²) in [5, 5.41) is 0. The summed E-state index contributed by atoms with van der Waals surface area (Å²) in [6.45, 7) is 8.74. The number of hydrogen-bond acceptors (Lipinski definition) is 1. The molecular formula is C18H32O. The first-order chi connectivity index (χ1) is 9.06. The highest BCUT2D eigenvalue weighted by Gasteiger charge is 2.37. The predicted molar refractivity (Wildman–Crippen MR) is 83.1 cm³/mol. The van der Waals surface area contributed by atoms with Crippen molar-refractivity contribution in [2.75, 3.05) is 0 Å². The van der Waals surface area contributed by atoms with Crippen molar-refractivity contribution in [1.29, 1.82) is 0 Å². The number of carbonyl (C=O) groups is 1. The minimum Gasteiger partial charge on any atom is -0.300 e. The normalized spacial score (nSPS) is 31.2. The van der Waals surface area contributed by atoms with Gasteiger partial charge in [-0.3, -0.25) is 0 Å². The second-order valence-corrected chi connectivity index (χ2v) is 6.61. The molecule has 0 saturated heterocycles. The zero-order valence-corrected chi connectivity index (χ0v) is 13.3. The van der Waals surface area contributed by atoms with Crippen LogP contribution in [0.2, 0.25) is 0 Å². The van der Waals surface area contributed by atoms with Gasteiger partial charge in [-0.2, -0.15) is 0 Å². The quantitative estimate of drug-likeness (QED) is 0.424. The first kappa shape index (κ1) is 16.5. The molecule has 1 aliphatic carbocycles. The first-order valence-electron chi connectivity index (χ1n) is 8.20. The summed E-state index contributed by atoms with van der Waals surface area (Å²) in [6, 6.07) is 0. The van der Waals surface area contributed by atoms with Gasteiger partial charge in [0.1, 0.15) is 5.78 Å². The summed E-state index contributed by atoms with van der Waals surface area (Å²) in [7, 11) is 0. The minimum absolute atomic E-state index is 0.351. The van der Waals surface area contributed by atoms with E-state index < -0.39 is 0 Å². The van der Waals surface area contributed by atoms with Gasteiger partial charge in [0.05, 0.1) is 0 Å². The van der Waals surface area contributed by atoms with E-state index in [9.17, 15) is 4.79 Å². The van der Waals surface area contributed by atoms with Gasteiger partial charge in [-0.15, -0.1) is 0 Å². The molecule has 0 bridgehead atoms. The molecule has 0 aliphatic heterocycles. The molecule has 0 N–H and O–H groups in total. The number of unbranched alkanes of at least 4 members (excludes halogenated alkanes) is 2.